The number of carbonyl (C=O) groups is 1. The molecular weight excluding hydrogens is 476 g/mol. The fourth-order valence-corrected chi connectivity index (χ4v) is 5.62. The first-order chi connectivity index (χ1) is 18.2. The molecule has 1 aliphatic heterocycles. The van der Waals surface area contributed by atoms with Crippen LogP contribution < -0.4 is 9.47 Å². The molecule has 3 heterocycles. The van der Waals surface area contributed by atoms with E-state index in [1.807, 2.05) is 30.3 Å². The molecule has 0 saturated heterocycles. The van der Waals surface area contributed by atoms with E-state index in [0.29, 0.717) is 47.4 Å². The molecule has 0 saturated carbocycles. The van der Waals surface area contributed by atoms with Crippen molar-refractivity contribution in [2.75, 3.05) is 0 Å². The molecule has 4 aromatic rings. The van der Waals surface area contributed by atoms with Crippen LogP contribution in [-0.4, -0.2) is 25.4 Å². The molecule has 194 valence electrons. The Labute approximate surface area is 222 Å². The Kier molecular flexibility index (Phi) is 5.82. The first-order valence-electron chi connectivity index (χ1n) is 13.2. The number of aromatic nitrogens is 4. The van der Waals surface area contributed by atoms with E-state index >= 15 is 0 Å². The quantitative estimate of drug-likeness (QED) is 0.315. The molecule has 7 heteroatoms. The molecule has 6 rings (SSSR count). The molecule has 38 heavy (non-hydrogen) atoms. The molecule has 0 bridgehead atoms. The van der Waals surface area contributed by atoms with Gasteiger partial charge < -0.3 is 9.47 Å². The van der Waals surface area contributed by atoms with Crippen molar-refractivity contribution in [3.63, 3.8) is 0 Å². The number of Topliss-reactive ketones (excluding diaryl/α,β-unsaturated/α-hetero) is 1. The second-order valence-corrected chi connectivity index (χ2v) is 11.5. The van der Waals surface area contributed by atoms with E-state index in [2.05, 4.69) is 62.9 Å². The summed E-state index contributed by atoms with van der Waals surface area (Å²) in [5.41, 5.74) is 5.23. The van der Waals surface area contributed by atoms with Crippen LogP contribution in [0.5, 0.6) is 11.6 Å². The van der Waals surface area contributed by atoms with E-state index in [4.69, 9.17) is 14.5 Å². The third kappa shape index (κ3) is 4.26. The number of carbonyl (C=O) groups excluding carboxylic acids is 1. The lowest BCUT2D eigenvalue weighted by molar-refractivity contribution is -0.118. The van der Waals surface area contributed by atoms with Crippen molar-refractivity contribution in [1.29, 1.82) is 0 Å². The highest BCUT2D eigenvalue weighted by Crippen LogP contribution is 2.50. The monoisotopic (exact) mass is 508 g/mol. The summed E-state index contributed by atoms with van der Waals surface area (Å²) in [5, 5.41) is 4.67. The van der Waals surface area contributed by atoms with Gasteiger partial charge >= 0.3 is 0 Å². The number of ketones is 1. The van der Waals surface area contributed by atoms with Gasteiger partial charge in [-0.2, -0.15) is 0 Å². The van der Waals surface area contributed by atoms with Gasteiger partial charge in [0.25, 0.3) is 0 Å². The van der Waals surface area contributed by atoms with Crippen molar-refractivity contribution in [2.45, 2.75) is 65.9 Å². The second-order valence-electron chi connectivity index (χ2n) is 11.5. The topological polar surface area (TPSA) is 78.6 Å². The summed E-state index contributed by atoms with van der Waals surface area (Å²) in [6.45, 7) is 10.8. The van der Waals surface area contributed by atoms with Crippen molar-refractivity contribution in [2.24, 2.45) is 5.41 Å². The number of allylic oxidation sites excluding steroid dienone is 2. The zero-order valence-electron chi connectivity index (χ0n) is 22.5. The molecule has 2 aromatic carbocycles. The Balaban J connectivity index is 1.43. The summed E-state index contributed by atoms with van der Waals surface area (Å²) >= 11 is 0. The molecule has 0 N–H and O–H groups in total. The van der Waals surface area contributed by atoms with Gasteiger partial charge in [0.05, 0.1) is 5.56 Å². The van der Waals surface area contributed by atoms with Gasteiger partial charge in [-0.1, -0.05) is 70.2 Å². The van der Waals surface area contributed by atoms with Crippen LogP contribution in [0.3, 0.4) is 0 Å². The van der Waals surface area contributed by atoms with E-state index < -0.39 is 0 Å². The zero-order valence-corrected chi connectivity index (χ0v) is 22.5. The number of aryl methyl sites for hydroxylation is 1. The van der Waals surface area contributed by atoms with Gasteiger partial charge in [0, 0.05) is 24.3 Å². The van der Waals surface area contributed by atoms with Crippen LogP contribution in [0.4, 0.5) is 0 Å². The average Bonchev–Trinajstić information content (AvgIpc) is 3.29. The highest BCUT2D eigenvalue weighted by atomic mass is 16.5. The molecule has 0 amide bonds. The lowest BCUT2D eigenvalue weighted by atomic mass is 9.70. The van der Waals surface area contributed by atoms with Crippen LogP contribution in [-0.2, 0) is 11.4 Å². The van der Waals surface area contributed by atoms with Gasteiger partial charge in [-0.3, -0.25) is 4.79 Å². The maximum Gasteiger partial charge on any atom is 0.228 e. The minimum Gasteiger partial charge on any atom is -0.485 e. The van der Waals surface area contributed by atoms with Gasteiger partial charge in [-0.25, -0.2) is 14.5 Å². The van der Waals surface area contributed by atoms with Crippen LogP contribution >= 0.6 is 0 Å². The number of hydrogen-bond acceptors (Lipinski definition) is 6. The Hall–Kier alpha value is -4.00. The lowest BCUT2D eigenvalue weighted by Crippen LogP contribution is -2.33. The summed E-state index contributed by atoms with van der Waals surface area (Å²) in [4.78, 5) is 23.0. The van der Waals surface area contributed by atoms with Crippen molar-refractivity contribution >= 4 is 11.4 Å². The van der Waals surface area contributed by atoms with E-state index in [-0.39, 0.29) is 23.7 Å². The summed E-state index contributed by atoms with van der Waals surface area (Å²) in [5.74, 6) is 2.71. The Morgan fingerprint density at radius 2 is 1.92 bits per heavy atom. The minimum atomic E-state index is -0.322. The maximum absolute atomic E-state index is 13.5. The molecule has 0 spiro atoms. The molecule has 1 aliphatic carbocycles. The van der Waals surface area contributed by atoms with Gasteiger partial charge in [0.1, 0.15) is 24.4 Å². The van der Waals surface area contributed by atoms with Crippen LogP contribution in [0.15, 0.2) is 66.2 Å². The van der Waals surface area contributed by atoms with Crippen LogP contribution in [0.25, 0.3) is 5.65 Å². The molecular formula is C31H32N4O3. The zero-order chi connectivity index (χ0) is 26.6. The number of fused-ring (bicyclic) bond motifs is 3. The summed E-state index contributed by atoms with van der Waals surface area (Å²) in [7, 11) is 0. The Bertz CT molecular complexity index is 1580. The first-order valence-corrected chi connectivity index (χ1v) is 13.2. The van der Waals surface area contributed by atoms with Gasteiger partial charge in [-0.05, 0) is 41.0 Å². The third-order valence-electron chi connectivity index (χ3n) is 7.39. The minimum absolute atomic E-state index is 0.112. The van der Waals surface area contributed by atoms with Gasteiger partial charge in [0.15, 0.2) is 17.3 Å². The predicted octanol–water partition coefficient (Wildman–Crippen LogP) is 6.30. The summed E-state index contributed by atoms with van der Waals surface area (Å²) in [6, 6.07) is 16.3. The third-order valence-corrected chi connectivity index (χ3v) is 7.39. The van der Waals surface area contributed by atoms with E-state index in [0.717, 1.165) is 28.0 Å². The largest absolute Gasteiger partial charge is 0.485 e. The molecule has 0 fully saturated rings. The Morgan fingerprint density at radius 1 is 1.13 bits per heavy atom. The highest BCUT2D eigenvalue weighted by molar-refractivity contribution is 6.00. The SMILES string of the molecule is Cc1ccc(C(C)C)c(OCc2nc3c4c(ncn3n2)OC2=C(C(=O)CC(C)(C)C2)C4c2ccccc2)c1. The van der Waals surface area contributed by atoms with Gasteiger partial charge in [-0.15, -0.1) is 5.10 Å². The molecule has 2 aromatic heterocycles. The van der Waals surface area contributed by atoms with Crippen molar-refractivity contribution < 1.29 is 14.3 Å². The fourth-order valence-electron chi connectivity index (χ4n) is 5.62. The lowest BCUT2D eigenvalue weighted by Gasteiger charge is -2.37. The van der Waals surface area contributed by atoms with Gasteiger partial charge in [0.2, 0.25) is 5.88 Å². The van der Waals surface area contributed by atoms with Crippen molar-refractivity contribution in [1.82, 2.24) is 19.6 Å². The number of benzene rings is 2. The maximum atomic E-state index is 13.5. The molecule has 0 radical (unpaired) electrons. The number of ether oxygens (including phenoxy) is 2. The Morgan fingerprint density at radius 3 is 2.68 bits per heavy atom. The van der Waals surface area contributed by atoms with Crippen molar-refractivity contribution in [3.8, 4) is 11.6 Å². The summed E-state index contributed by atoms with van der Waals surface area (Å²) < 4.78 is 14.2. The first kappa shape index (κ1) is 24.3. The highest BCUT2D eigenvalue weighted by Gasteiger charge is 2.43. The number of hydrogen-bond donors (Lipinski definition) is 0. The van der Waals surface area contributed by atoms with Crippen molar-refractivity contribution in [3.05, 3.63) is 94.3 Å². The molecule has 7 nitrogen and oxygen atoms in total. The number of nitrogens with zero attached hydrogens (tertiary/aromatic N) is 4. The summed E-state index contributed by atoms with van der Waals surface area (Å²) in [6.07, 6.45) is 2.79. The average molecular weight is 509 g/mol. The smallest absolute Gasteiger partial charge is 0.228 e. The van der Waals surface area contributed by atoms with Crippen LogP contribution in [0.1, 0.15) is 80.5 Å². The van der Waals surface area contributed by atoms with Crippen LogP contribution in [0, 0.1) is 12.3 Å². The van der Waals surface area contributed by atoms with E-state index in [9.17, 15) is 4.79 Å². The molecule has 1 atom stereocenters. The predicted molar refractivity (Wildman–Crippen MR) is 144 cm³/mol. The van der Waals surface area contributed by atoms with E-state index in [1.165, 1.54) is 0 Å². The molecule has 1 unspecified atom stereocenters. The second kappa shape index (κ2) is 9.08. The fraction of sp³-hybridized carbons (Fsp3) is 0.355. The van der Waals surface area contributed by atoms with E-state index in [1.54, 1.807) is 10.8 Å². The number of rotatable bonds is 5. The standard InChI is InChI=1S/C31H32N4O3/c1-18(2)21-12-11-19(3)13-23(21)37-16-25-33-29-28-26(20-9-7-6-8-10-20)27-22(36)14-31(4,5)15-24(27)38-30(28)32-17-35(29)34-25/h6-13,17-18,26H,14-16H2,1-5H3. The normalized spacial score (nSPS) is 18.4. The van der Waals surface area contributed by atoms with Crippen LogP contribution in [0.2, 0.25) is 0 Å². The molecule has 2 aliphatic rings.